The first-order chi connectivity index (χ1) is 17.4. The maximum atomic E-state index is 10.1. The molecule has 4 atom stereocenters. The zero-order valence-electron chi connectivity index (χ0n) is 25.8. The van der Waals surface area contributed by atoms with E-state index in [0.717, 1.165) is 77.0 Å². The van der Waals surface area contributed by atoms with E-state index in [-0.39, 0.29) is 45.4 Å². The third-order valence-electron chi connectivity index (χ3n) is 6.26. The monoisotopic (exact) mass is 556 g/mol. The van der Waals surface area contributed by atoms with Crippen LogP contribution in [0.15, 0.2) is 0 Å². The summed E-state index contributed by atoms with van der Waals surface area (Å²) in [6.45, 7) is 16.7. The minimum absolute atomic E-state index is 0. The van der Waals surface area contributed by atoms with Crippen LogP contribution < -0.4 is 0 Å². The van der Waals surface area contributed by atoms with E-state index in [1.165, 1.54) is 25.7 Å². The number of rotatable bonds is 20. The van der Waals surface area contributed by atoms with Gasteiger partial charge in [-0.3, -0.25) is 25.1 Å². The van der Waals surface area contributed by atoms with Gasteiger partial charge in [-0.05, 0) is 0 Å². The summed E-state index contributed by atoms with van der Waals surface area (Å²) in [7, 11) is 0. The van der Waals surface area contributed by atoms with E-state index in [2.05, 4.69) is 27.7 Å². The molecule has 0 fully saturated rings. The van der Waals surface area contributed by atoms with E-state index in [0.29, 0.717) is 0 Å². The van der Waals surface area contributed by atoms with E-state index in [4.69, 9.17) is 0 Å². The Morgan fingerprint density at radius 3 is 0.622 bits per heavy atom. The molecule has 0 aliphatic rings. The second kappa shape index (κ2) is 42.5. The summed E-state index contributed by atoms with van der Waals surface area (Å²) in [5, 5.41) is 0. The first-order valence-electron chi connectivity index (χ1n) is 14.9. The summed E-state index contributed by atoms with van der Waals surface area (Å²) in [6.07, 6.45) is 25.4. The third kappa shape index (κ3) is 40.0. The summed E-state index contributed by atoms with van der Waals surface area (Å²) in [4.78, 5) is 40.5. The molecule has 216 valence electrons. The number of carbonyl (C=O) groups excluding carboxylic acids is 4. The predicted octanol–water partition coefficient (Wildman–Crippen LogP) is 9.25. The molecule has 0 radical (unpaired) electrons. The second-order valence-electron chi connectivity index (χ2n) is 9.46. The van der Waals surface area contributed by atoms with Crippen LogP contribution in [0.5, 0.6) is 0 Å². The Labute approximate surface area is 247 Å². The Bertz CT molecular complexity index is 363. The van der Waals surface area contributed by atoms with Crippen molar-refractivity contribution in [2.45, 2.75) is 158 Å². The van der Waals surface area contributed by atoms with Crippen molar-refractivity contribution in [1.82, 2.24) is 0 Å². The van der Waals surface area contributed by atoms with Crippen LogP contribution in [0.2, 0.25) is 0 Å². The Balaban J connectivity index is -0.000000122. The van der Waals surface area contributed by atoms with Crippen LogP contribution in [-0.4, -0.2) is 25.1 Å². The molecule has 0 aliphatic heterocycles. The first kappa shape index (κ1) is 46.3. The van der Waals surface area contributed by atoms with Gasteiger partial charge >= 0.3 is 21.7 Å². The molecular formula is C32H60O4Ti. The smallest absolute Gasteiger partial charge is 0.542 e. The van der Waals surface area contributed by atoms with E-state index < -0.39 is 0 Å². The molecule has 0 amide bonds. The van der Waals surface area contributed by atoms with Crippen molar-refractivity contribution in [3.63, 3.8) is 0 Å². The fraction of sp³-hybridized carbons (Fsp3) is 0.875. The molecular weight excluding hydrogens is 496 g/mol. The Morgan fingerprint density at radius 1 is 0.378 bits per heavy atom. The molecule has 0 saturated heterocycles. The molecule has 0 rings (SSSR count). The molecule has 4 unspecified atom stereocenters. The molecule has 0 spiro atoms. The normalized spacial score (nSPS) is 12.8. The largest absolute Gasteiger partial charge is 4.00 e. The van der Waals surface area contributed by atoms with Gasteiger partial charge in [0.15, 0.2) is 0 Å². The molecule has 0 aromatic rings. The fourth-order valence-corrected chi connectivity index (χ4v) is 3.19. The van der Waals surface area contributed by atoms with E-state index in [9.17, 15) is 19.2 Å². The summed E-state index contributed by atoms with van der Waals surface area (Å²) in [5.74, 6) is 0.796. The summed E-state index contributed by atoms with van der Waals surface area (Å²) in [5.41, 5.74) is 0. The van der Waals surface area contributed by atoms with Crippen molar-refractivity contribution < 1.29 is 40.9 Å². The minimum atomic E-state index is 0. The van der Waals surface area contributed by atoms with Gasteiger partial charge in [0, 0.05) is 0 Å². The molecule has 5 heteroatoms. The molecule has 0 bridgehead atoms. The van der Waals surface area contributed by atoms with Crippen molar-refractivity contribution >= 4 is 25.1 Å². The molecule has 37 heavy (non-hydrogen) atoms. The van der Waals surface area contributed by atoms with Crippen molar-refractivity contribution in [1.29, 1.82) is 0 Å². The van der Waals surface area contributed by atoms with Gasteiger partial charge in [0.1, 0.15) is 0 Å². The summed E-state index contributed by atoms with van der Waals surface area (Å²) < 4.78 is 0. The maximum Gasteiger partial charge on any atom is 4.00 e. The molecule has 0 aliphatic carbocycles. The van der Waals surface area contributed by atoms with Crippen molar-refractivity contribution in [2.75, 3.05) is 0 Å². The number of hydrogen-bond acceptors (Lipinski definition) is 4. The summed E-state index contributed by atoms with van der Waals surface area (Å²) in [6, 6.07) is 0. The topological polar surface area (TPSA) is 68.3 Å². The average Bonchev–Trinajstić information content (AvgIpc) is 2.92. The average molecular weight is 557 g/mol. The van der Waals surface area contributed by atoms with Crippen LogP contribution in [0.1, 0.15) is 158 Å². The Hall–Kier alpha value is -0.606. The molecule has 0 N–H and O–H groups in total. The van der Waals surface area contributed by atoms with Gasteiger partial charge in [0.25, 0.3) is 0 Å². The number of unbranched alkanes of at least 4 members (excludes halogenated alkanes) is 4. The van der Waals surface area contributed by atoms with Crippen LogP contribution in [0.4, 0.5) is 0 Å². The Kier molecular flexibility index (Phi) is 53.1. The SMILES string of the molecule is CCCCC([C-]=O)CC.CCCCC([C-]=O)CC.CCCCC([C-]=O)CC.CCCCC([C-]=O)CC.[Ti+4]. The number of hydrogen-bond donors (Lipinski definition) is 0. The van der Waals surface area contributed by atoms with E-state index in [1.807, 2.05) is 52.8 Å². The quantitative estimate of drug-likeness (QED) is 0.111. The summed E-state index contributed by atoms with van der Waals surface area (Å²) >= 11 is 0. The first-order valence-corrected chi connectivity index (χ1v) is 14.9. The van der Waals surface area contributed by atoms with Crippen molar-refractivity contribution in [3.05, 3.63) is 0 Å². The maximum absolute atomic E-state index is 10.1. The third-order valence-corrected chi connectivity index (χ3v) is 6.26. The van der Waals surface area contributed by atoms with Crippen molar-refractivity contribution in [2.24, 2.45) is 23.7 Å². The molecule has 4 nitrogen and oxygen atoms in total. The second-order valence-corrected chi connectivity index (χ2v) is 9.46. The Morgan fingerprint density at radius 2 is 0.541 bits per heavy atom. The van der Waals surface area contributed by atoms with Gasteiger partial charge in [-0.25, -0.2) is 0 Å². The van der Waals surface area contributed by atoms with Crippen LogP contribution in [-0.2, 0) is 40.9 Å². The molecule has 0 saturated carbocycles. The van der Waals surface area contributed by atoms with Gasteiger partial charge in [-0.15, -0.1) is 23.7 Å². The zero-order valence-corrected chi connectivity index (χ0v) is 27.3. The van der Waals surface area contributed by atoms with E-state index >= 15 is 0 Å². The van der Waals surface area contributed by atoms with Crippen molar-refractivity contribution in [3.8, 4) is 0 Å². The fourth-order valence-electron chi connectivity index (χ4n) is 3.19. The predicted molar refractivity (Wildman–Crippen MR) is 156 cm³/mol. The standard InChI is InChI=1S/4C8H15O.Ti/c4*1-3-5-6-8(4-2)7-9;/h4*8H,3-6H2,1-2H3;/q4*-1;+4. The zero-order chi connectivity index (χ0) is 28.5. The van der Waals surface area contributed by atoms with Gasteiger partial charge in [0.05, 0.1) is 0 Å². The van der Waals surface area contributed by atoms with Crippen LogP contribution in [0.25, 0.3) is 0 Å². The minimum Gasteiger partial charge on any atom is -0.542 e. The van der Waals surface area contributed by atoms with Gasteiger partial charge in [-0.1, -0.05) is 158 Å². The molecule has 0 aromatic heterocycles. The van der Waals surface area contributed by atoms with Crippen LogP contribution >= 0.6 is 0 Å². The molecule has 0 aromatic carbocycles. The van der Waals surface area contributed by atoms with Crippen LogP contribution in [0, 0.1) is 23.7 Å². The molecule has 0 heterocycles. The van der Waals surface area contributed by atoms with E-state index in [1.54, 1.807) is 0 Å². The van der Waals surface area contributed by atoms with Gasteiger partial charge in [0.2, 0.25) is 0 Å². The van der Waals surface area contributed by atoms with Gasteiger partial charge < -0.3 is 19.2 Å². The van der Waals surface area contributed by atoms with Gasteiger partial charge in [-0.2, -0.15) is 0 Å². The van der Waals surface area contributed by atoms with Crippen LogP contribution in [0.3, 0.4) is 0 Å².